The molecule has 1 aromatic heterocycles. The number of para-hydroxylation sites is 1. The highest BCUT2D eigenvalue weighted by Gasteiger charge is 2.34. The summed E-state index contributed by atoms with van der Waals surface area (Å²) in [5.74, 6) is -0.444. The van der Waals surface area contributed by atoms with Gasteiger partial charge in [-0.3, -0.25) is 4.79 Å². The molecule has 0 spiro atoms. The third kappa shape index (κ3) is 3.94. The number of rotatable bonds is 4. The van der Waals surface area contributed by atoms with E-state index in [1.807, 2.05) is 44.2 Å². The van der Waals surface area contributed by atoms with Gasteiger partial charge in [0.1, 0.15) is 4.21 Å². The Kier molecular flexibility index (Phi) is 5.27. The Morgan fingerprint density at radius 3 is 2.64 bits per heavy atom. The zero-order chi connectivity index (χ0) is 18.0. The van der Waals surface area contributed by atoms with Crippen molar-refractivity contribution in [3.8, 4) is 0 Å². The van der Waals surface area contributed by atoms with Gasteiger partial charge >= 0.3 is 0 Å². The number of hydrogen-bond donors (Lipinski definition) is 1. The van der Waals surface area contributed by atoms with Crippen molar-refractivity contribution in [2.75, 3.05) is 18.4 Å². The Bertz CT molecular complexity index is 874. The minimum absolute atomic E-state index is 0.114. The van der Waals surface area contributed by atoms with Crippen molar-refractivity contribution in [2.45, 2.75) is 30.9 Å². The Morgan fingerprint density at radius 2 is 1.96 bits per heavy atom. The van der Waals surface area contributed by atoms with Crippen LogP contribution in [-0.4, -0.2) is 31.7 Å². The van der Waals surface area contributed by atoms with Crippen LogP contribution in [0, 0.1) is 19.8 Å². The van der Waals surface area contributed by atoms with E-state index in [1.54, 1.807) is 6.07 Å². The number of carbonyl (C=O) groups is 1. The molecule has 5 nitrogen and oxygen atoms in total. The number of hydrogen-bond acceptors (Lipinski definition) is 4. The van der Waals surface area contributed by atoms with Gasteiger partial charge in [0.25, 0.3) is 10.0 Å². The second-order valence-corrected chi connectivity index (χ2v) is 9.82. The zero-order valence-corrected chi connectivity index (χ0v) is 16.0. The van der Waals surface area contributed by atoms with Crippen LogP contribution in [0.25, 0.3) is 0 Å². The lowest BCUT2D eigenvalue weighted by atomic mass is 9.98. The van der Waals surface area contributed by atoms with Crippen LogP contribution in [0.15, 0.2) is 40.6 Å². The van der Waals surface area contributed by atoms with Crippen molar-refractivity contribution in [1.82, 2.24) is 4.31 Å². The van der Waals surface area contributed by atoms with Crippen molar-refractivity contribution in [1.29, 1.82) is 0 Å². The molecule has 0 aliphatic carbocycles. The van der Waals surface area contributed by atoms with E-state index in [0.29, 0.717) is 23.6 Å². The van der Waals surface area contributed by atoms with Crippen LogP contribution >= 0.6 is 11.3 Å². The summed E-state index contributed by atoms with van der Waals surface area (Å²) >= 11 is 1.27. The predicted octanol–water partition coefficient (Wildman–Crippen LogP) is 3.40. The highest BCUT2D eigenvalue weighted by atomic mass is 32.2. The monoisotopic (exact) mass is 378 g/mol. The van der Waals surface area contributed by atoms with Crippen molar-refractivity contribution in [3.63, 3.8) is 0 Å². The molecule has 1 atom stereocenters. The second-order valence-electron chi connectivity index (χ2n) is 6.37. The van der Waals surface area contributed by atoms with Gasteiger partial charge in [-0.1, -0.05) is 18.2 Å². The lowest BCUT2D eigenvalue weighted by Gasteiger charge is -2.30. The molecule has 0 radical (unpaired) electrons. The number of sulfonamides is 1. The molecule has 1 fully saturated rings. The molecule has 1 aromatic carbocycles. The minimum atomic E-state index is -3.52. The fourth-order valence-corrected chi connectivity index (χ4v) is 5.96. The Hall–Kier alpha value is -1.70. The molecule has 0 saturated carbocycles. The minimum Gasteiger partial charge on any atom is -0.326 e. The first kappa shape index (κ1) is 18.1. The fraction of sp³-hybridized carbons (Fsp3) is 0.389. The largest absolute Gasteiger partial charge is 0.326 e. The summed E-state index contributed by atoms with van der Waals surface area (Å²) < 4.78 is 27.4. The number of piperidine rings is 1. The van der Waals surface area contributed by atoms with Crippen LogP contribution in [0.5, 0.6) is 0 Å². The van der Waals surface area contributed by atoms with Gasteiger partial charge in [0.05, 0.1) is 5.92 Å². The van der Waals surface area contributed by atoms with Gasteiger partial charge in [-0.05, 0) is 50.5 Å². The SMILES string of the molecule is Cc1ccc(S(=O)(=O)N2CCCC(C(=O)Nc3ccccc3C)C2)s1. The van der Waals surface area contributed by atoms with Gasteiger partial charge in [-0.25, -0.2) is 8.42 Å². The van der Waals surface area contributed by atoms with Gasteiger partial charge in [-0.2, -0.15) is 4.31 Å². The highest BCUT2D eigenvalue weighted by Crippen LogP contribution is 2.28. The van der Waals surface area contributed by atoms with Crippen LogP contribution < -0.4 is 5.32 Å². The first-order valence-electron chi connectivity index (χ1n) is 8.31. The molecule has 1 aliphatic heterocycles. The van der Waals surface area contributed by atoms with Crippen LogP contribution in [-0.2, 0) is 14.8 Å². The molecular weight excluding hydrogens is 356 g/mol. The Morgan fingerprint density at radius 1 is 1.20 bits per heavy atom. The van der Waals surface area contributed by atoms with E-state index in [-0.39, 0.29) is 18.4 Å². The number of benzene rings is 1. The van der Waals surface area contributed by atoms with E-state index in [9.17, 15) is 13.2 Å². The smallest absolute Gasteiger partial charge is 0.252 e. The predicted molar refractivity (Wildman–Crippen MR) is 100 cm³/mol. The number of aryl methyl sites for hydroxylation is 2. The van der Waals surface area contributed by atoms with Crippen LogP contribution in [0.4, 0.5) is 5.69 Å². The first-order chi connectivity index (χ1) is 11.9. The van der Waals surface area contributed by atoms with Gasteiger partial charge in [-0.15, -0.1) is 11.3 Å². The topological polar surface area (TPSA) is 66.5 Å². The van der Waals surface area contributed by atoms with Gasteiger partial charge < -0.3 is 5.32 Å². The Balaban J connectivity index is 1.73. The molecule has 0 bridgehead atoms. The average Bonchev–Trinajstić information content (AvgIpc) is 3.04. The third-order valence-corrected chi connectivity index (χ3v) is 7.80. The van der Waals surface area contributed by atoms with E-state index in [0.717, 1.165) is 16.1 Å². The maximum Gasteiger partial charge on any atom is 0.252 e. The highest BCUT2D eigenvalue weighted by molar-refractivity contribution is 7.91. The van der Waals surface area contributed by atoms with Crippen molar-refractivity contribution >= 4 is 33.0 Å². The summed E-state index contributed by atoms with van der Waals surface area (Å²) in [6, 6.07) is 11.0. The average molecular weight is 379 g/mol. The molecule has 1 unspecified atom stereocenters. The van der Waals surface area contributed by atoms with Gasteiger partial charge in [0.2, 0.25) is 5.91 Å². The van der Waals surface area contributed by atoms with Crippen molar-refractivity contribution in [3.05, 3.63) is 46.8 Å². The molecule has 2 heterocycles. The number of anilines is 1. The van der Waals surface area contributed by atoms with E-state index < -0.39 is 10.0 Å². The van der Waals surface area contributed by atoms with E-state index in [4.69, 9.17) is 0 Å². The standard InChI is InChI=1S/C18H22N2O3S2/c1-13-6-3-4-8-16(13)19-18(21)15-7-5-11-20(12-15)25(22,23)17-10-9-14(2)24-17/h3-4,6,8-10,15H,5,7,11-12H2,1-2H3,(H,19,21). The number of nitrogens with zero attached hydrogens (tertiary/aromatic N) is 1. The lowest BCUT2D eigenvalue weighted by molar-refractivity contribution is -0.120. The number of nitrogens with one attached hydrogen (secondary N) is 1. The molecule has 1 saturated heterocycles. The summed E-state index contributed by atoms with van der Waals surface area (Å²) in [6.07, 6.45) is 1.39. The van der Waals surface area contributed by atoms with Crippen molar-refractivity contribution in [2.24, 2.45) is 5.92 Å². The molecule has 25 heavy (non-hydrogen) atoms. The summed E-state index contributed by atoms with van der Waals surface area (Å²) in [4.78, 5) is 13.6. The second kappa shape index (κ2) is 7.27. The molecule has 1 aliphatic rings. The number of thiophene rings is 1. The van der Waals surface area contributed by atoms with Gasteiger partial charge in [0.15, 0.2) is 0 Å². The fourth-order valence-electron chi connectivity index (χ4n) is 3.00. The van der Waals surface area contributed by atoms with Crippen LogP contribution in [0.2, 0.25) is 0 Å². The summed E-state index contributed by atoms with van der Waals surface area (Å²) in [6.45, 7) is 4.52. The molecular formula is C18H22N2O3S2. The van der Waals surface area contributed by atoms with Crippen LogP contribution in [0.3, 0.4) is 0 Å². The molecule has 3 rings (SSSR count). The van der Waals surface area contributed by atoms with Gasteiger partial charge in [0, 0.05) is 23.7 Å². The summed E-state index contributed by atoms with van der Waals surface area (Å²) in [7, 11) is -3.52. The van der Waals surface area contributed by atoms with Crippen LogP contribution in [0.1, 0.15) is 23.3 Å². The van der Waals surface area contributed by atoms with E-state index in [2.05, 4.69) is 5.32 Å². The first-order valence-corrected chi connectivity index (χ1v) is 10.6. The molecule has 134 valence electrons. The third-order valence-electron chi connectivity index (χ3n) is 4.47. The zero-order valence-electron chi connectivity index (χ0n) is 14.4. The summed E-state index contributed by atoms with van der Waals surface area (Å²) in [5, 5.41) is 2.94. The maximum atomic E-state index is 12.8. The number of amides is 1. The normalized spacial score (nSPS) is 18.9. The maximum absolute atomic E-state index is 12.8. The summed E-state index contributed by atoms with van der Waals surface area (Å²) in [5.41, 5.74) is 1.77. The molecule has 1 N–H and O–H groups in total. The lowest BCUT2D eigenvalue weighted by Crippen LogP contribution is -2.43. The van der Waals surface area contributed by atoms with E-state index >= 15 is 0 Å². The molecule has 2 aromatic rings. The number of carbonyl (C=O) groups excluding carboxylic acids is 1. The quantitative estimate of drug-likeness (QED) is 0.887. The molecule has 7 heteroatoms. The molecule has 1 amide bonds. The van der Waals surface area contributed by atoms with E-state index in [1.165, 1.54) is 15.6 Å². The van der Waals surface area contributed by atoms with Crippen molar-refractivity contribution < 1.29 is 13.2 Å². The Labute approximate surface area is 152 Å².